The molecule has 2 atom stereocenters. The van der Waals surface area contributed by atoms with Crippen LogP contribution in [-0.2, 0) is 9.53 Å². The number of hydrogen-bond donors (Lipinski definition) is 1. The van der Waals surface area contributed by atoms with Gasteiger partial charge in [0.2, 0.25) is 5.91 Å². The predicted octanol–water partition coefficient (Wildman–Crippen LogP) is 3.15. The van der Waals surface area contributed by atoms with Crippen LogP contribution in [0.25, 0.3) is 0 Å². The van der Waals surface area contributed by atoms with Gasteiger partial charge in [-0.25, -0.2) is 0 Å². The zero-order valence-electron chi connectivity index (χ0n) is 14.6. The number of hydrogen-bond acceptors (Lipinski definition) is 3. The summed E-state index contributed by atoms with van der Waals surface area (Å²) in [5.74, 6) is 0.0957. The van der Waals surface area contributed by atoms with Crippen molar-refractivity contribution in [2.24, 2.45) is 5.92 Å². The van der Waals surface area contributed by atoms with Crippen LogP contribution < -0.4 is 5.32 Å². The molecular weight excluding hydrogens is 300 g/mol. The molecule has 2 unspecified atom stereocenters. The van der Waals surface area contributed by atoms with Crippen molar-refractivity contribution in [3.8, 4) is 0 Å². The molecule has 2 aliphatic heterocycles. The number of benzene rings is 1. The van der Waals surface area contributed by atoms with E-state index in [4.69, 9.17) is 4.74 Å². The van der Waals surface area contributed by atoms with Crippen LogP contribution in [0, 0.1) is 5.92 Å². The number of nitrogens with zero attached hydrogens (tertiary/aromatic N) is 1. The van der Waals surface area contributed by atoms with Crippen LogP contribution in [0.3, 0.4) is 0 Å². The fourth-order valence-corrected chi connectivity index (χ4v) is 3.85. The summed E-state index contributed by atoms with van der Waals surface area (Å²) >= 11 is 0. The fraction of sp³-hybridized carbons (Fsp3) is 0.650. The maximum atomic E-state index is 12.6. The lowest BCUT2D eigenvalue weighted by Crippen LogP contribution is -2.39. The van der Waals surface area contributed by atoms with E-state index in [1.54, 1.807) is 0 Å². The Morgan fingerprint density at radius 3 is 2.71 bits per heavy atom. The number of carbonyl (C=O) groups excluding carboxylic acids is 1. The Balaban J connectivity index is 1.45. The lowest BCUT2D eigenvalue weighted by Gasteiger charge is -2.31. The maximum absolute atomic E-state index is 12.6. The Kier molecular flexibility index (Phi) is 6.67. The number of likely N-dealkylation sites (tertiary alicyclic amines) is 1. The van der Waals surface area contributed by atoms with Gasteiger partial charge in [0.25, 0.3) is 0 Å². The number of rotatable bonds is 6. The first-order chi connectivity index (χ1) is 11.8. The maximum Gasteiger partial charge on any atom is 0.226 e. The molecule has 0 saturated carbocycles. The lowest BCUT2D eigenvalue weighted by atomic mass is 9.89. The first-order valence-electron chi connectivity index (χ1n) is 9.51. The number of piperidine rings is 1. The molecule has 1 amide bonds. The molecule has 132 valence electrons. The SMILES string of the molecule is O=C(NCCCN1CCCCC1)C1CCCOC1c1ccccc1. The van der Waals surface area contributed by atoms with E-state index in [9.17, 15) is 4.79 Å². The quantitative estimate of drug-likeness (QED) is 0.815. The van der Waals surface area contributed by atoms with Crippen molar-refractivity contribution in [2.75, 3.05) is 32.8 Å². The minimum absolute atomic E-state index is 0.0591. The van der Waals surface area contributed by atoms with Gasteiger partial charge in [0.05, 0.1) is 12.0 Å². The largest absolute Gasteiger partial charge is 0.373 e. The van der Waals surface area contributed by atoms with Gasteiger partial charge < -0.3 is 15.0 Å². The van der Waals surface area contributed by atoms with Crippen molar-refractivity contribution in [2.45, 2.75) is 44.6 Å². The summed E-state index contributed by atoms with van der Waals surface area (Å²) in [6.45, 7) is 5.07. The molecule has 1 aromatic rings. The molecule has 0 aliphatic carbocycles. The molecule has 2 aliphatic rings. The van der Waals surface area contributed by atoms with Crippen LogP contribution in [-0.4, -0.2) is 43.6 Å². The normalized spacial score (nSPS) is 25.3. The first-order valence-corrected chi connectivity index (χ1v) is 9.51. The van der Waals surface area contributed by atoms with Gasteiger partial charge in [-0.3, -0.25) is 4.79 Å². The highest BCUT2D eigenvalue weighted by Gasteiger charge is 2.32. The van der Waals surface area contributed by atoms with Crippen molar-refractivity contribution in [3.63, 3.8) is 0 Å². The average Bonchev–Trinajstić information content (AvgIpc) is 2.66. The van der Waals surface area contributed by atoms with E-state index >= 15 is 0 Å². The van der Waals surface area contributed by atoms with Crippen LogP contribution in [0.4, 0.5) is 0 Å². The summed E-state index contributed by atoms with van der Waals surface area (Å²) in [6, 6.07) is 10.2. The fourth-order valence-electron chi connectivity index (χ4n) is 3.85. The van der Waals surface area contributed by atoms with Crippen LogP contribution in [0.5, 0.6) is 0 Å². The molecule has 0 aromatic heterocycles. The third-order valence-corrected chi connectivity index (χ3v) is 5.19. The molecule has 0 radical (unpaired) electrons. The Labute approximate surface area is 145 Å². The Morgan fingerprint density at radius 1 is 1.12 bits per heavy atom. The highest BCUT2D eigenvalue weighted by Crippen LogP contribution is 2.33. The van der Waals surface area contributed by atoms with Gasteiger partial charge in [0.15, 0.2) is 0 Å². The smallest absolute Gasteiger partial charge is 0.226 e. The number of ether oxygens (including phenoxy) is 1. The summed E-state index contributed by atoms with van der Waals surface area (Å²) in [5.41, 5.74) is 1.12. The van der Waals surface area contributed by atoms with E-state index in [0.29, 0.717) is 0 Å². The van der Waals surface area contributed by atoms with Crippen molar-refractivity contribution in [3.05, 3.63) is 35.9 Å². The second kappa shape index (κ2) is 9.19. The minimum Gasteiger partial charge on any atom is -0.373 e. The number of carbonyl (C=O) groups is 1. The molecule has 2 fully saturated rings. The van der Waals surface area contributed by atoms with Crippen LogP contribution >= 0.6 is 0 Å². The van der Waals surface area contributed by atoms with E-state index < -0.39 is 0 Å². The second-order valence-corrected chi connectivity index (χ2v) is 7.00. The summed E-state index contributed by atoms with van der Waals surface area (Å²) in [6.07, 6.45) is 6.84. The third kappa shape index (κ3) is 4.81. The lowest BCUT2D eigenvalue weighted by molar-refractivity contribution is -0.134. The standard InChI is InChI=1S/C20H30N2O2/c23-20(21-12-8-15-22-13-5-2-6-14-22)18-11-7-16-24-19(18)17-9-3-1-4-10-17/h1,3-4,9-10,18-19H,2,5-8,11-16H2,(H,21,23). The van der Waals surface area contributed by atoms with E-state index in [1.165, 1.54) is 32.4 Å². The minimum atomic E-state index is -0.0953. The van der Waals surface area contributed by atoms with Crippen molar-refractivity contribution in [1.29, 1.82) is 0 Å². The molecule has 4 nitrogen and oxygen atoms in total. The molecular formula is C20H30N2O2. The molecule has 4 heteroatoms. The van der Waals surface area contributed by atoms with Crippen LogP contribution in [0.15, 0.2) is 30.3 Å². The summed E-state index contributed by atoms with van der Waals surface area (Å²) in [5, 5.41) is 3.15. The van der Waals surface area contributed by atoms with Gasteiger partial charge in [0.1, 0.15) is 0 Å². The molecule has 0 bridgehead atoms. The molecule has 24 heavy (non-hydrogen) atoms. The molecule has 1 N–H and O–H groups in total. The van der Waals surface area contributed by atoms with Gasteiger partial charge in [-0.15, -0.1) is 0 Å². The zero-order chi connectivity index (χ0) is 16.6. The molecule has 2 saturated heterocycles. The summed E-state index contributed by atoms with van der Waals surface area (Å²) in [7, 11) is 0. The second-order valence-electron chi connectivity index (χ2n) is 7.00. The van der Waals surface area contributed by atoms with Crippen molar-refractivity contribution in [1.82, 2.24) is 10.2 Å². The Morgan fingerprint density at radius 2 is 1.92 bits per heavy atom. The molecule has 2 heterocycles. The van der Waals surface area contributed by atoms with Gasteiger partial charge in [0, 0.05) is 13.2 Å². The predicted molar refractivity (Wildman–Crippen MR) is 95.8 cm³/mol. The average molecular weight is 330 g/mol. The number of nitrogens with one attached hydrogen (secondary N) is 1. The number of amides is 1. The van der Waals surface area contributed by atoms with E-state index in [0.717, 1.165) is 44.5 Å². The van der Waals surface area contributed by atoms with Crippen LogP contribution in [0.2, 0.25) is 0 Å². The van der Waals surface area contributed by atoms with Crippen molar-refractivity contribution < 1.29 is 9.53 Å². The van der Waals surface area contributed by atoms with Gasteiger partial charge in [-0.05, 0) is 57.3 Å². The van der Waals surface area contributed by atoms with E-state index in [1.807, 2.05) is 18.2 Å². The first kappa shape index (κ1) is 17.4. The highest BCUT2D eigenvalue weighted by molar-refractivity contribution is 5.79. The molecule has 3 rings (SSSR count). The summed E-state index contributed by atoms with van der Waals surface area (Å²) in [4.78, 5) is 15.1. The zero-order valence-corrected chi connectivity index (χ0v) is 14.6. The molecule has 0 spiro atoms. The van der Waals surface area contributed by atoms with E-state index in [-0.39, 0.29) is 17.9 Å². The topological polar surface area (TPSA) is 41.6 Å². The highest BCUT2D eigenvalue weighted by atomic mass is 16.5. The van der Waals surface area contributed by atoms with Crippen LogP contribution in [0.1, 0.15) is 50.2 Å². The summed E-state index contributed by atoms with van der Waals surface area (Å²) < 4.78 is 5.93. The van der Waals surface area contributed by atoms with Gasteiger partial charge >= 0.3 is 0 Å². The Hall–Kier alpha value is -1.39. The Bertz CT molecular complexity index is 500. The molecule has 1 aromatic carbocycles. The van der Waals surface area contributed by atoms with Crippen molar-refractivity contribution >= 4 is 5.91 Å². The van der Waals surface area contributed by atoms with Gasteiger partial charge in [-0.1, -0.05) is 36.8 Å². The van der Waals surface area contributed by atoms with Gasteiger partial charge in [-0.2, -0.15) is 0 Å². The third-order valence-electron chi connectivity index (χ3n) is 5.19. The monoisotopic (exact) mass is 330 g/mol. The van der Waals surface area contributed by atoms with E-state index in [2.05, 4.69) is 22.3 Å².